The fraction of sp³-hybridized carbons (Fsp3) is 0.222. The maximum absolute atomic E-state index is 12.3. The van der Waals surface area contributed by atoms with E-state index in [0.29, 0.717) is 11.1 Å². The van der Waals surface area contributed by atoms with Gasteiger partial charge >= 0.3 is 0 Å². The van der Waals surface area contributed by atoms with E-state index in [0.717, 1.165) is 17.7 Å². The number of hydrogen-bond donors (Lipinski definition) is 1. The van der Waals surface area contributed by atoms with Gasteiger partial charge in [0.1, 0.15) is 5.75 Å². The molecule has 0 aromatic heterocycles. The summed E-state index contributed by atoms with van der Waals surface area (Å²) in [6.07, 6.45) is 0.786. The van der Waals surface area contributed by atoms with E-state index in [1.165, 1.54) is 0 Å². The van der Waals surface area contributed by atoms with Crippen molar-refractivity contribution in [2.24, 2.45) is 0 Å². The Labute approximate surface area is 130 Å². The van der Waals surface area contributed by atoms with Crippen molar-refractivity contribution in [1.82, 2.24) is 5.32 Å². The van der Waals surface area contributed by atoms with Gasteiger partial charge < -0.3 is 10.1 Å². The predicted molar refractivity (Wildman–Crippen MR) is 84.6 cm³/mol. The molecule has 1 N–H and O–H groups in total. The summed E-state index contributed by atoms with van der Waals surface area (Å²) in [6.45, 7) is 2.02. The summed E-state index contributed by atoms with van der Waals surface area (Å²) in [5.41, 5.74) is 2.12. The number of nitrogens with zero attached hydrogens (tertiary/aromatic N) is 1. The van der Waals surface area contributed by atoms with Crippen LogP contribution in [0.5, 0.6) is 5.75 Å². The van der Waals surface area contributed by atoms with Crippen LogP contribution in [0.15, 0.2) is 48.5 Å². The van der Waals surface area contributed by atoms with Crippen LogP contribution in [0.4, 0.5) is 0 Å². The third-order valence-corrected chi connectivity index (χ3v) is 3.51. The number of benzene rings is 2. The number of nitriles is 1. The fourth-order valence-electron chi connectivity index (χ4n) is 2.20. The average molecular weight is 294 g/mol. The molecule has 0 saturated heterocycles. The molecule has 0 aliphatic rings. The van der Waals surface area contributed by atoms with Gasteiger partial charge in [-0.05, 0) is 48.4 Å². The molecular weight excluding hydrogens is 276 g/mol. The fourth-order valence-corrected chi connectivity index (χ4v) is 2.20. The normalized spacial score (nSPS) is 11.3. The van der Waals surface area contributed by atoms with Gasteiger partial charge in [0, 0.05) is 5.56 Å². The number of carbonyl (C=O) groups excluding carboxylic acids is 1. The van der Waals surface area contributed by atoms with Crippen LogP contribution in [0.2, 0.25) is 0 Å². The van der Waals surface area contributed by atoms with Crippen molar-refractivity contribution in [3.05, 3.63) is 65.2 Å². The second-order valence-corrected chi connectivity index (χ2v) is 4.90. The molecule has 0 aliphatic heterocycles. The summed E-state index contributed by atoms with van der Waals surface area (Å²) in [6, 6.07) is 16.2. The average Bonchev–Trinajstić information content (AvgIpc) is 2.59. The Balaban J connectivity index is 2.11. The monoisotopic (exact) mass is 294 g/mol. The van der Waals surface area contributed by atoms with Crippen molar-refractivity contribution in [3.8, 4) is 11.8 Å². The number of nitrogens with one attached hydrogen (secondary N) is 1. The lowest BCUT2D eigenvalue weighted by molar-refractivity contribution is 0.0935. The van der Waals surface area contributed by atoms with Gasteiger partial charge in [0.15, 0.2) is 0 Å². The Bertz CT molecular complexity index is 670. The molecule has 1 atom stereocenters. The van der Waals surface area contributed by atoms with Gasteiger partial charge in [0.25, 0.3) is 5.91 Å². The van der Waals surface area contributed by atoms with E-state index in [4.69, 9.17) is 10.00 Å². The SMILES string of the molecule is CC[C@@H](NC(=O)c1ccc(C#N)cc1)c1ccc(OC)cc1. The summed E-state index contributed by atoms with van der Waals surface area (Å²) in [4.78, 5) is 12.3. The van der Waals surface area contributed by atoms with Crippen LogP contribution >= 0.6 is 0 Å². The first-order valence-electron chi connectivity index (χ1n) is 7.13. The zero-order chi connectivity index (χ0) is 15.9. The van der Waals surface area contributed by atoms with Gasteiger partial charge in [0.2, 0.25) is 0 Å². The highest BCUT2D eigenvalue weighted by atomic mass is 16.5. The zero-order valence-electron chi connectivity index (χ0n) is 12.7. The highest BCUT2D eigenvalue weighted by Gasteiger charge is 2.14. The molecule has 4 heteroatoms. The van der Waals surface area contributed by atoms with E-state index in [1.807, 2.05) is 37.3 Å². The van der Waals surface area contributed by atoms with Crippen molar-refractivity contribution in [3.63, 3.8) is 0 Å². The van der Waals surface area contributed by atoms with Crippen molar-refractivity contribution in [2.75, 3.05) is 7.11 Å². The lowest BCUT2D eigenvalue weighted by Crippen LogP contribution is -2.28. The molecule has 2 rings (SSSR count). The molecule has 22 heavy (non-hydrogen) atoms. The first-order chi connectivity index (χ1) is 10.7. The molecule has 0 aliphatic carbocycles. The van der Waals surface area contributed by atoms with Gasteiger partial charge in [-0.3, -0.25) is 4.79 Å². The van der Waals surface area contributed by atoms with Crippen LogP contribution in [-0.4, -0.2) is 13.0 Å². The molecule has 0 radical (unpaired) electrons. The molecule has 2 aromatic carbocycles. The minimum atomic E-state index is -0.146. The third-order valence-electron chi connectivity index (χ3n) is 3.51. The van der Waals surface area contributed by atoms with E-state index in [-0.39, 0.29) is 11.9 Å². The van der Waals surface area contributed by atoms with E-state index in [9.17, 15) is 4.79 Å². The lowest BCUT2D eigenvalue weighted by atomic mass is 10.0. The van der Waals surface area contributed by atoms with Crippen LogP contribution in [0.1, 0.15) is 40.9 Å². The zero-order valence-corrected chi connectivity index (χ0v) is 12.7. The predicted octanol–water partition coefficient (Wildman–Crippen LogP) is 3.45. The van der Waals surface area contributed by atoms with E-state index in [2.05, 4.69) is 5.32 Å². The molecule has 2 aromatic rings. The number of hydrogen-bond acceptors (Lipinski definition) is 3. The maximum atomic E-state index is 12.3. The maximum Gasteiger partial charge on any atom is 0.251 e. The Kier molecular flexibility index (Phi) is 5.16. The van der Waals surface area contributed by atoms with Gasteiger partial charge in [-0.15, -0.1) is 0 Å². The summed E-state index contributed by atoms with van der Waals surface area (Å²) < 4.78 is 5.14. The molecule has 112 valence electrons. The largest absolute Gasteiger partial charge is 0.497 e. The van der Waals surface area contributed by atoms with E-state index in [1.54, 1.807) is 31.4 Å². The molecule has 1 amide bonds. The van der Waals surface area contributed by atoms with Crippen LogP contribution in [0.3, 0.4) is 0 Å². The summed E-state index contributed by atoms with van der Waals surface area (Å²) in [5.74, 6) is 0.643. The van der Waals surface area contributed by atoms with Crippen molar-refractivity contribution < 1.29 is 9.53 Å². The quantitative estimate of drug-likeness (QED) is 0.918. The molecule has 0 saturated carbocycles. The minimum absolute atomic E-state index is 0.0611. The second-order valence-electron chi connectivity index (χ2n) is 4.90. The van der Waals surface area contributed by atoms with Crippen molar-refractivity contribution >= 4 is 5.91 Å². The Hall–Kier alpha value is -2.80. The van der Waals surface area contributed by atoms with Gasteiger partial charge in [-0.2, -0.15) is 5.26 Å². The Morgan fingerprint density at radius 1 is 1.18 bits per heavy atom. The van der Waals surface area contributed by atoms with E-state index < -0.39 is 0 Å². The number of ether oxygens (including phenoxy) is 1. The Morgan fingerprint density at radius 3 is 2.32 bits per heavy atom. The molecule has 0 unspecified atom stereocenters. The topological polar surface area (TPSA) is 62.1 Å². The molecular formula is C18H18N2O2. The number of methoxy groups -OCH3 is 1. The van der Waals surface area contributed by atoms with Crippen molar-refractivity contribution in [1.29, 1.82) is 5.26 Å². The molecule has 0 heterocycles. The second kappa shape index (κ2) is 7.28. The highest BCUT2D eigenvalue weighted by molar-refractivity contribution is 5.94. The van der Waals surface area contributed by atoms with Crippen LogP contribution in [0, 0.1) is 11.3 Å². The van der Waals surface area contributed by atoms with Gasteiger partial charge in [-0.1, -0.05) is 19.1 Å². The molecule has 0 bridgehead atoms. The standard InChI is InChI=1S/C18H18N2O2/c1-3-17(14-8-10-16(22-2)11-9-14)20-18(21)15-6-4-13(12-19)5-7-15/h4-11,17H,3H2,1-2H3,(H,20,21)/t17-/m1/s1. The lowest BCUT2D eigenvalue weighted by Gasteiger charge is -2.18. The molecule has 4 nitrogen and oxygen atoms in total. The molecule has 0 spiro atoms. The third kappa shape index (κ3) is 3.64. The minimum Gasteiger partial charge on any atom is -0.497 e. The summed E-state index contributed by atoms with van der Waals surface area (Å²) in [7, 11) is 1.62. The van der Waals surface area contributed by atoms with Crippen LogP contribution in [0.25, 0.3) is 0 Å². The Morgan fingerprint density at radius 2 is 1.82 bits per heavy atom. The number of amides is 1. The smallest absolute Gasteiger partial charge is 0.251 e. The van der Waals surface area contributed by atoms with E-state index >= 15 is 0 Å². The van der Waals surface area contributed by atoms with Gasteiger partial charge in [0.05, 0.1) is 24.8 Å². The number of rotatable bonds is 5. The van der Waals surface area contributed by atoms with Crippen molar-refractivity contribution in [2.45, 2.75) is 19.4 Å². The van der Waals surface area contributed by atoms with Crippen LogP contribution in [-0.2, 0) is 0 Å². The van der Waals surface area contributed by atoms with Gasteiger partial charge in [-0.25, -0.2) is 0 Å². The molecule has 0 fully saturated rings. The first-order valence-corrected chi connectivity index (χ1v) is 7.13. The highest BCUT2D eigenvalue weighted by Crippen LogP contribution is 2.20. The summed E-state index contributed by atoms with van der Waals surface area (Å²) in [5, 5.41) is 11.8. The summed E-state index contributed by atoms with van der Waals surface area (Å²) >= 11 is 0. The van der Waals surface area contributed by atoms with Crippen LogP contribution < -0.4 is 10.1 Å². The number of carbonyl (C=O) groups is 1. The first kappa shape index (κ1) is 15.6.